The highest BCUT2D eigenvalue weighted by Gasteiger charge is 1.88. The summed E-state index contributed by atoms with van der Waals surface area (Å²) in [5, 5.41) is 0. The number of rotatable bonds is 1. The summed E-state index contributed by atoms with van der Waals surface area (Å²) >= 11 is 2.89. The number of nitrogens with zero attached hydrogens (tertiary/aromatic N) is 1. The number of hydrogen-bond donors (Lipinski definition) is 0. The van der Waals surface area contributed by atoms with E-state index in [0.717, 1.165) is 0 Å². The van der Waals surface area contributed by atoms with Gasteiger partial charge in [-0.3, -0.25) is 0 Å². The van der Waals surface area contributed by atoms with Gasteiger partial charge in [0.05, 0.1) is 15.3 Å². The van der Waals surface area contributed by atoms with Crippen LogP contribution in [0.4, 0.5) is 0 Å². The third-order valence-corrected chi connectivity index (χ3v) is 1.01. The highest BCUT2D eigenvalue weighted by molar-refractivity contribution is 9.10. The van der Waals surface area contributed by atoms with Gasteiger partial charge in [0, 0.05) is 16.7 Å². The fourth-order valence-corrected chi connectivity index (χ4v) is 0.500. The molecule has 0 spiro atoms. The highest BCUT2D eigenvalue weighted by Crippen LogP contribution is 2.10. The SMILES string of the molecule is [2H]c1nc(OC([2H])([2H])[2H])c([2H])c([2H])c1Br. The molecule has 0 unspecified atom stereocenters. The van der Waals surface area contributed by atoms with Crippen LogP contribution in [0.25, 0.3) is 0 Å². The zero-order chi connectivity index (χ0) is 11.8. The Morgan fingerprint density at radius 1 is 1.89 bits per heavy atom. The molecule has 0 amide bonds. The van der Waals surface area contributed by atoms with Gasteiger partial charge in [-0.2, -0.15) is 0 Å². The average molecular weight is 194 g/mol. The third kappa shape index (κ3) is 1.68. The van der Waals surface area contributed by atoms with E-state index in [2.05, 4.69) is 25.7 Å². The molecule has 0 atom stereocenters. The molecule has 0 N–H and O–H groups in total. The second kappa shape index (κ2) is 2.82. The standard InChI is InChI=1S/C6H6BrNO/c1-9-6-3-2-5(7)4-8-6/h2-4H,1H3/i1D3,2D,3D,4D. The first kappa shape index (κ1) is 2.23. The van der Waals surface area contributed by atoms with Crippen LogP contribution in [0.3, 0.4) is 0 Å². The molecule has 0 saturated carbocycles. The molecule has 2 nitrogen and oxygen atoms in total. The predicted octanol–water partition coefficient (Wildman–Crippen LogP) is 1.85. The van der Waals surface area contributed by atoms with Crippen molar-refractivity contribution in [2.75, 3.05) is 7.04 Å². The van der Waals surface area contributed by atoms with Crippen molar-refractivity contribution in [3.8, 4) is 5.88 Å². The number of methoxy groups -OCH3 is 1. The van der Waals surface area contributed by atoms with Crippen LogP contribution in [0.5, 0.6) is 5.88 Å². The van der Waals surface area contributed by atoms with Crippen LogP contribution in [0, 0.1) is 0 Å². The van der Waals surface area contributed by atoms with E-state index in [1.807, 2.05) is 0 Å². The Balaban J connectivity index is 3.21. The molecule has 9 heavy (non-hydrogen) atoms. The smallest absolute Gasteiger partial charge is 0.212 e. The minimum absolute atomic E-state index is 0.0328. The first-order chi connectivity index (χ1) is 6.72. The summed E-state index contributed by atoms with van der Waals surface area (Å²) in [6.07, 6.45) is -0.338. The van der Waals surface area contributed by atoms with E-state index in [9.17, 15) is 0 Å². The zero-order valence-corrected chi connectivity index (χ0v) is 5.82. The van der Waals surface area contributed by atoms with Crippen molar-refractivity contribution in [1.82, 2.24) is 4.98 Å². The van der Waals surface area contributed by atoms with Crippen LogP contribution in [-0.2, 0) is 0 Å². The number of hydrogen-bond acceptors (Lipinski definition) is 2. The summed E-state index contributed by atoms with van der Waals surface area (Å²) in [5.41, 5.74) is 0. The maximum Gasteiger partial charge on any atom is 0.212 e. The number of aromatic nitrogens is 1. The van der Waals surface area contributed by atoms with Gasteiger partial charge in [-0.25, -0.2) is 4.98 Å². The molecule has 0 aliphatic carbocycles. The molecule has 0 radical (unpaired) electrons. The lowest BCUT2D eigenvalue weighted by Crippen LogP contribution is -1.84. The fraction of sp³-hybridized carbons (Fsp3) is 0.167. The summed E-state index contributed by atoms with van der Waals surface area (Å²) in [5.74, 6) is -0.534. The first-order valence-corrected chi connectivity index (χ1v) is 2.84. The summed E-state index contributed by atoms with van der Waals surface area (Å²) in [6.45, 7) is 0. The van der Waals surface area contributed by atoms with Crippen LogP contribution < -0.4 is 4.74 Å². The second-order valence-corrected chi connectivity index (χ2v) is 1.99. The maximum absolute atomic E-state index is 7.38. The molecule has 1 aromatic heterocycles. The van der Waals surface area contributed by atoms with E-state index < -0.39 is 19.0 Å². The van der Waals surface area contributed by atoms with Gasteiger partial charge >= 0.3 is 0 Å². The Kier molecular flexibility index (Phi) is 0.701. The van der Waals surface area contributed by atoms with E-state index in [0.29, 0.717) is 0 Å². The van der Waals surface area contributed by atoms with Crippen molar-refractivity contribution < 1.29 is 13.0 Å². The van der Waals surface area contributed by atoms with Crippen molar-refractivity contribution >= 4 is 15.9 Å². The lowest BCUT2D eigenvalue weighted by molar-refractivity contribution is 0.397. The quantitative estimate of drug-likeness (QED) is 0.680. The Morgan fingerprint density at radius 2 is 2.78 bits per heavy atom. The molecule has 1 heterocycles. The number of pyridine rings is 1. The Labute approximate surface area is 70.4 Å². The second-order valence-electron chi connectivity index (χ2n) is 1.19. The normalized spacial score (nSPS) is 20.1. The van der Waals surface area contributed by atoms with Gasteiger partial charge in [-0.1, -0.05) is 0 Å². The molecule has 3 heteroatoms. The van der Waals surface area contributed by atoms with Crippen LogP contribution in [0.15, 0.2) is 22.7 Å². The van der Waals surface area contributed by atoms with Gasteiger partial charge in [0.25, 0.3) is 0 Å². The molecule has 48 valence electrons. The fourth-order valence-electron chi connectivity index (χ4n) is 0.312. The monoisotopic (exact) mass is 193 g/mol. The van der Waals surface area contributed by atoms with E-state index in [-0.39, 0.29) is 16.7 Å². The highest BCUT2D eigenvalue weighted by atomic mass is 79.9. The third-order valence-electron chi connectivity index (χ3n) is 0.631. The van der Waals surface area contributed by atoms with Gasteiger partial charge in [-0.05, 0) is 22.0 Å². The molecule has 1 rings (SSSR count). The lowest BCUT2D eigenvalue weighted by Gasteiger charge is -1.94. The number of ether oxygens (including phenoxy) is 1. The Morgan fingerprint density at radius 3 is 3.56 bits per heavy atom. The molecule has 0 fully saturated rings. The van der Waals surface area contributed by atoms with Gasteiger partial charge in [0.1, 0.15) is 0 Å². The predicted molar refractivity (Wildman–Crippen MR) is 38.5 cm³/mol. The minimum Gasteiger partial charge on any atom is -0.481 e. The number of halogens is 1. The molecule has 1 aromatic rings. The van der Waals surface area contributed by atoms with Crippen molar-refractivity contribution in [2.24, 2.45) is 0 Å². The summed E-state index contributed by atoms with van der Waals surface area (Å²) in [6, 6.07) is -0.789. The van der Waals surface area contributed by atoms with E-state index in [1.54, 1.807) is 0 Å². The molecule has 0 bridgehead atoms. The summed E-state index contributed by atoms with van der Waals surface area (Å²) in [4.78, 5) is 3.45. The zero-order valence-electron chi connectivity index (χ0n) is 10.2. The summed E-state index contributed by atoms with van der Waals surface area (Å²) < 4.78 is 46.9. The molecular formula is C6H6BrNO. The van der Waals surface area contributed by atoms with Crippen molar-refractivity contribution in [3.63, 3.8) is 0 Å². The van der Waals surface area contributed by atoms with Gasteiger partial charge in [0.2, 0.25) is 5.88 Å². The molecule has 0 aromatic carbocycles. The van der Waals surface area contributed by atoms with E-state index in [4.69, 9.17) is 8.22 Å². The molecule has 0 aliphatic rings. The molecule has 0 aliphatic heterocycles. The van der Waals surface area contributed by atoms with Crippen LogP contribution in [0.1, 0.15) is 8.22 Å². The minimum atomic E-state index is -2.74. The molecular weight excluding hydrogens is 182 g/mol. The van der Waals surface area contributed by atoms with Gasteiger partial charge in [-0.15, -0.1) is 0 Å². The largest absolute Gasteiger partial charge is 0.481 e. The topological polar surface area (TPSA) is 22.1 Å². The van der Waals surface area contributed by atoms with Crippen molar-refractivity contribution in [3.05, 3.63) is 22.7 Å². The summed E-state index contributed by atoms with van der Waals surface area (Å²) in [7, 11) is -2.74. The van der Waals surface area contributed by atoms with Crippen molar-refractivity contribution in [2.45, 2.75) is 0 Å². The Bertz CT molecular complexity index is 392. The van der Waals surface area contributed by atoms with Crippen LogP contribution in [0.2, 0.25) is 0 Å². The average Bonchev–Trinajstić information content (AvgIpc) is 2.08. The Hall–Kier alpha value is -0.570. The van der Waals surface area contributed by atoms with Gasteiger partial charge < -0.3 is 4.74 Å². The van der Waals surface area contributed by atoms with Crippen LogP contribution >= 0.6 is 15.9 Å². The van der Waals surface area contributed by atoms with Crippen molar-refractivity contribution in [1.29, 1.82) is 0 Å². The van der Waals surface area contributed by atoms with E-state index >= 15 is 0 Å². The van der Waals surface area contributed by atoms with Crippen LogP contribution in [-0.4, -0.2) is 12.0 Å². The van der Waals surface area contributed by atoms with Gasteiger partial charge in [0.15, 0.2) is 0 Å². The lowest BCUT2D eigenvalue weighted by atomic mass is 10.5. The first-order valence-electron chi connectivity index (χ1n) is 5.04. The van der Waals surface area contributed by atoms with E-state index in [1.165, 1.54) is 0 Å². The maximum atomic E-state index is 7.38. The molecule has 0 saturated heterocycles.